The van der Waals surface area contributed by atoms with Gasteiger partial charge in [0, 0.05) is 6.04 Å². The molecule has 2 atom stereocenters. The van der Waals surface area contributed by atoms with Crippen molar-refractivity contribution in [2.75, 3.05) is 24.7 Å². The SMILES string of the molecule is NCC1CCCCC1NC(=O)COc1ccc(C2SCCCS2)cc1. The number of nitrogens with two attached hydrogens (primary N) is 1. The number of amides is 1. The van der Waals surface area contributed by atoms with E-state index >= 15 is 0 Å². The summed E-state index contributed by atoms with van der Waals surface area (Å²) in [6.07, 6.45) is 5.82. The number of carbonyl (C=O) groups is 1. The molecule has 1 saturated heterocycles. The van der Waals surface area contributed by atoms with E-state index in [-0.39, 0.29) is 18.6 Å². The second-order valence-electron chi connectivity index (χ2n) is 6.74. The van der Waals surface area contributed by atoms with Gasteiger partial charge in [0.25, 0.3) is 5.91 Å². The molecular weight excluding hydrogens is 352 g/mol. The lowest BCUT2D eigenvalue weighted by molar-refractivity contribution is -0.124. The normalized spacial score (nSPS) is 24.7. The van der Waals surface area contributed by atoms with E-state index in [2.05, 4.69) is 17.4 Å². The number of hydrogen-bond donors (Lipinski definition) is 2. The van der Waals surface area contributed by atoms with Crippen LogP contribution in [-0.4, -0.2) is 36.6 Å². The molecule has 4 nitrogen and oxygen atoms in total. The van der Waals surface area contributed by atoms with Crippen molar-refractivity contribution in [3.63, 3.8) is 0 Å². The third kappa shape index (κ3) is 5.56. The standard InChI is InChI=1S/C19H28N2O2S2/c20-12-15-4-1-2-5-17(15)21-18(22)13-23-16-8-6-14(7-9-16)19-24-10-3-11-25-19/h6-9,15,17,19H,1-5,10-13,20H2,(H,21,22). The van der Waals surface area contributed by atoms with Crippen molar-refractivity contribution >= 4 is 29.4 Å². The van der Waals surface area contributed by atoms with E-state index < -0.39 is 0 Å². The van der Waals surface area contributed by atoms with Gasteiger partial charge in [0.15, 0.2) is 6.61 Å². The molecule has 0 spiro atoms. The summed E-state index contributed by atoms with van der Waals surface area (Å²) in [7, 11) is 0. The molecular formula is C19H28N2O2S2. The van der Waals surface area contributed by atoms with Crippen LogP contribution in [0.15, 0.2) is 24.3 Å². The highest BCUT2D eigenvalue weighted by molar-refractivity contribution is 8.16. The zero-order valence-electron chi connectivity index (χ0n) is 14.6. The average molecular weight is 381 g/mol. The Morgan fingerprint density at radius 1 is 1.12 bits per heavy atom. The third-order valence-electron chi connectivity index (χ3n) is 4.91. The zero-order chi connectivity index (χ0) is 17.5. The molecule has 2 aliphatic rings. The Hall–Kier alpha value is -0.850. The van der Waals surface area contributed by atoms with Crippen LogP contribution in [0.5, 0.6) is 5.75 Å². The van der Waals surface area contributed by atoms with E-state index in [0.29, 0.717) is 17.0 Å². The molecule has 3 rings (SSSR count). The first-order valence-electron chi connectivity index (χ1n) is 9.21. The highest BCUT2D eigenvalue weighted by Gasteiger charge is 2.25. The molecule has 1 saturated carbocycles. The second kappa shape index (κ2) is 9.74. The number of rotatable bonds is 6. The maximum Gasteiger partial charge on any atom is 0.258 e. The van der Waals surface area contributed by atoms with Gasteiger partial charge in [-0.3, -0.25) is 4.79 Å². The Morgan fingerprint density at radius 2 is 1.84 bits per heavy atom. The number of ether oxygens (including phenoxy) is 1. The predicted octanol–water partition coefficient (Wildman–Crippen LogP) is 3.57. The van der Waals surface area contributed by atoms with Crippen LogP contribution in [0.25, 0.3) is 0 Å². The summed E-state index contributed by atoms with van der Waals surface area (Å²) in [4.78, 5) is 12.2. The highest BCUT2D eigenvalue weighted by atomic mass is 32.2. The van der Waals surface area contributed by atoms with Crippen molar-refractivity contribution in [2.24, 2.45) is 11.7 Å². The maximum absolute atomic E-state index is 12.2. The molecule has 0 radical (unpaired) electrons. The van der Waals surface area contributed by atoms with Gasteiger partial charge in [-0.2, -0.15) is 0 Å². The summed E-state index contributed by atoms with van der Waals surface area (Å²) in [5.74, 6) is 3.58. The average Bonchev–Trinajstić information content (AvgIpc) is 2.68. The zero-order valence-corrected chi connectivity index (χ0v) is 16.2. The molecule has 1 amide bonds. The fourth-order valence-electron chi connectivity index (χ4n) is 3.48. The van der Waals surface area contributed by atoms with Gasteiger partial charge in [-0.1, -0.05) is 25.0 Å². The van der Waals surface area contributed by atoms with Crippen LogP contribution >= 0.6 is 23.5 Å². The molecule has 0 bridgehead atoms. The molecule has 2 unspecified atom stereocenters. The Labute approximate surface area is 159 Å². The molecule has 3 N–H and O–H groups in total. The molecule has 0 aromatic heterocycles. The van der Waals surface area contributed by atoms with Crippen molar-refractivity contribution in [3.05, 3.63) is 29.8 Å². The first-order valence-corrected chi connectivity index (χ1v) is 11.3. The molecule has 6 heteroatoms. The summed E-state index contributed by atoms with van der Waals surface area (Å²) in [6, 6.07) is 8.39. The minimum atomic E-state index is -0.0483. The van der Waals surface area contributed by atoms with Gasteiger partial charge in [0.2, 0.25) is 0 Å². The van der Waals surface area contributed by atoms with Gasteiger partial charge in [-0.25, -0.2) is 0 Å². The van der Waals surface area contributed by atoms with E-state index in [1.165, 1.54) is 36.3 Å². The lowest BCUT2D eigenvalue weighted by Gasteiger charge is -2.31. The molecule has 2 fully saturated rings. The summed E-state index contributed by atoms with van der Waals surface area (Å²) in [6.45, 7) is 0.713. The van der Waals surface area contributed by atoms with Gasteiger partial charge >= 0.3 is 0 Å². The van der Waals surface area contributed by atoms with E-state index in [9.17, 15) is 4.79 Å². The summed E-state index contributed by atoms with van der Waals surface area (Å²) < 4.78 is 6.20. The van der Waals surface area contributed by atoms with Crippen molar-refractivity contribution in [3.8, 4) is 5.75 Å². The van der Waals surface area contributed by atoms with Crippen molar-refractivity contribution < 1.29 is 9.53 Å². The lowest BCUT2D eigenvalue weighted by Crippen LogP contribution is -2.46. The first-order chi connectivity index (χ1) is 12.3. The topological polar surface area (TPSA) is 64.3 Å². The lowest BCUT2D eigenvalue weighted by atomic mass is 9.84. The quantitative estimate of drug-likeness (QED) is 0.790. The predicted molar refractivity (Wildman–Crippen MR) is 107 cm³/mol. The van der Waals surface area contributed by atoms with Gasteiger partial charge in [-0.15, -0.1) is 23.5 Å². The molecule has 1 heterocycles. The van der Waals surface area contributed by atoms with Crippen LogP contribution in [0.2, 0.25) is 0 Å². The first kappa shape index (κ1) is 18.9. The third-order valence-corrected chi connectivity index (χ3v) is 7.92. The molecule has 25 heavy (non-hydrogen) atoms. The molecule has 1 aromatic carbocycles. The van der Waals surface area contributed by atoms with Gasteiger partial charge in [-0.05, 0) is 60.9 Å². The van der Waals surface area contributed by atoms with Crippen molar-refractivity contribution in [1.82, 2.24) is 5.32 Å². The number of carbonyl (C=O) groups excluding carboxylic acids is 1. The van der Waals surface area contributed by atoms with Crippen LogP contribution < -0.4 is 15.8 Å². The van der Waals surface area contributed by atoms with Crippen LogP contribution in [0.4, 0.5) is 0 Å². The van der Waals surface area contributed by atoms with Gasteiger partial charge in [0.05, 0.1) is 4.58 Å². The number of hydrogen-bond acceptors (Lipinski definition) is 5. The maximum atomic E-state index is 12.2. The molecule has 1 aliphatic carbocycles. The Bertz CT molecular complexity index is 547. The van der Waals surface area contributed by atoms with E-state index in [0.717, 1.165) is 18.6 Å². The number of benzene rings is 1. The van der Waals surface area contributed by atoms with Crippen LogP contribution in [0.3, 0.4) is 0 Å². The Morgan fingerprint density at radius 3 is 2.56 bits per heavy atom. The summed E-state index contributed by atoms with van der Waals surface area (Å²) in [5, 5.41) is 3.10. The Balaban J connectivity index is 1.45. The monoisotopic (exact) mass is 380 g/mol. The molecule has 138 valence electrons. The number of nitrogens with one attached hydrogen (secondary N) is 1. The van der Waals surface area contributed by atoms with Crippen molar-refractivity contribution in [1.29, 1.82) is 0 Å². The van der Waals surface area contributed by atoms with Crippen molar-refractivity contribution in [2.45, 2.75) is 42.7 Å². The van der Waals surface area contributed by atoms with Crippen LogP contribution in [-0.2, 0) is 4.79 Å². The summed E-state index contributed by atoms with van der Waals surface area (Å²) in [5.41, 5.74) is 7.16. The minimum absolute atomic E-state index is 0.0483. The largest absolute Gasteiger partial charge is 0.484 e. The summed E-state index contributed by atoms with van der Waals surface area (Å²) >= 11 is 4.02. The van der Waals surface area contributed by atoms with Crippen LogP contribution in [0.1, 0.15) is 42.2 Å². The van der Waals surface area contributed by atoms with E-state index in [1.807, 2.05) is 35.7 Å². The fraction of sp³-hybridized carbons (Fsp3) is 0.632. The smallest absolute Gasteiger partial charge is 0.258 e. The molecule has 1 aromatic rings. The Kier molecular flexibility index (Phi) is 7.37. The number of thioether (sulfide) groups is 2. The highest BCUT2D eigenvalue weighted by Crippen LogP contribution is 2.43. The second-order valence-corrected chi connectivity index (χ2v) is 9.46. The van der Waals surface area contributed by atoms with Gasteiger partial charge in [0.1, 0.15) is 5.75 Å². The van der Waals surface area contributed by atoms with Gasteiger partial charge < -0.3 is 15.8 Å². The van der Waals surface area contributed by atoms with E-state index in [1.54, 1.807) is 0 Å². The van der Waals surface area contributed by atoms with Crippen LogP contribution in [0, 0.1) is 5.92 Å². The van der Waals surface area contributed by atoms with E-state index in [4.69, 9.17) is 10.5 Å². The minimum Gasteiger partial charge on any atom is -0.484 e. The fourth-order valence-corrected chi connectivity index (χ4v) is 6.37. The molecule has 1 aliphatic heterocycles.